The van der Waals surface area contributed by atoms with Gasteiger partial charge in [-0.05, 0) is 74.2 Å². The third kappa shape index (κ3) is 4.91. The van der Waals surface area contributed by atoms with E-state index in [1.54, 1.807) is 6.07 Å². The first kappa shape index (κ1) is 22.5. The maximum atomic E-state index is 12.9. The summed E-state index contributed by atoms with van der Waals surface area (Å²) in [7, 11) is -3.65. The van der Waals surface area contributed by atoms with E-state index in [2.05, 4.69) is 13.8 Å². The van der Waals surface area contributed by atoms with Gasteiger partial charge in [0.25, 0.3) is 0 Å². The first-order chi connectivity index (χ1) is 14.1. The van der Waals surface area contributed by atoms with Crippen molar-refractivity contribution in [3.05, 3.63) is 59.2 Å². The second kappa shape index (κ2) is 8.88. The minimum absolute atomic E-state index is 0.150. The molecule has 1 aliphatic heterocycles. The van der Waals surface area contributed by atoms with Gasteiger partial charge in [0.1, 0.15) is 5.75 Å². The number of nitrogens with zero attached hydrogens (tertiary/aromatic N) is 1. The van der Waals surface area contributed by atoms with Crippen LogP contribution in [0.4, 0.5) is 0 Å². The van der Waals surface area contributed by atoms with Crippen molar-refractivity contribution in [3.8, 4) is 5.75 Å². The standard InChI is InChI=1S/C23H29NO5S/c1-15(2)22-11-8-20(12-16(22)3)29-23(25)19-6-9-21(10-7-19)30(26,27)24-13-17(4)28-18(5)14-24/h6-12,15,17-18H,13-14H2,1-5H3. The Morgan fingerprint density at radius 2 is 1.67 bits per heavy atom. The van der Waals surface area contributed by atoms with E-state index in [1.165, 1.54) is 34.1 Å². The second-order valence-electron chi connectivity index (χ2n) is 8.17. The number of morpholine rings is 1. The lowest BCUT2D eigenvalue weighted by Gasteiger charge is -2.34. The van der Waals surface area contributed by atoms with E-state index in [9.17, 15) is 13.2 Å². The van der Waals surface area contributed by atoms with Crippen LogP contribution in [0.25, 0.3) is 0 Å². The Labute approximate surface area is 178 Å². The molecule has 0 amide bonds. The zero-order chi connectivity index (χ0) is 22.1. The number of esters is 1. The molecular weight excluding hydrogens is 402 g/mol. The molecule has 2 aromatic rings. The van der Waals surface area contributed by atoms with Gasteiger partial charge in [-0.15, -0.1) is 0 Å². The van der Waals surface area contributed by atoms with Crippen LogP contribution >= 0.6 is 0 Å². The van der Waals surface area contributed by atoms with Gasteiger partial charge in [-0.3, -0.25) is 0 Å². The second-order valence-corrected chi connectivity index (χ2v) is 10.1. The molecule has 3 rings (SSSR count). The molecule has 7 heteroatoms. The number of sulfonamides is 1. The summed E-state index contributed by atoms with van der Waals surface area (Å²) < 4.78 is 38.4. The Morgan fingerprint density at radius 1 is 1.07 bits per heavy atom. The molecule has 2 aromatic carbocycles. The molecule has 0 radical (unpaired) electrons. The van der Waals surface area contributed by atoms with E-state index < -0.39 is 16.0 Å². The molecule has 2 atom stereocenters. The highest BCUT2D eigenvalue weighted by Crippen LogP contribution is 2.25. The molecule has 1 aliphatic rings. The van der Waals surface area contributed by atoms with Crippen LogP contribution in [0.15, 0.2) is 47.4 Å². The first-order valence-electron chi connectivity index (χ1n) is 10.2. The number of carbonyl (C=O) groups excluding carboxylic acids is 1. The largest absolute Gasteiger partial charge is 0.423 e. The maximum absolute atomic E-state index is 12.9. The van der Waals surface area contributed by atoms with E-state index >= 15 is 0 Å². The lowest BCUT2D eigenvalue weighted by atomic mass is 9.98. The van der Waals surface area contributed by atoms with E-state index in [1.807, 2.05) is 32.9 Å². The Bertz CT molecular complexity index is 1000. The molecule has 2 unspecified atom stereocenters. The van der Waals surface area contributed by atoms with E-state index in [0.29, 0.717) is 30.3 Å². The van der Waals surface area contributed by atoms with Gasteiger partial charge in [-0.1, -0.05) is 19.9 Å². The number of rotatable bonds is 5. The third-order valence-electron chi connectivity index (χ3n) is 5.19. The third-order valence-corrected chi connectivity index (χ3v) is 7.03. The number of benzene rings is 2. The maximum Gasteiger partial charge on any atom is 0.343 e. The molecule has 0 aromatic heterocycles. The van der Waals surface area contributed by atoms with Crippen molar-refractivity contribution < 1.29 is 22.7 Å². The van der Waals surface area contributed by atoms with Crippen molar-refractivity contribution in [1.82, 2.24) is 4.31 Å². The highest BCUT2D eigenvalue weighted by atomic mass is 32.2. The summed E-state index contributed by atoms with van der Waals surface area (Å²) in [6, 6.07) is 11.4. The van der Waals surface area contributed by atoms with Gasteiger partial charge in [0.2, 0.25) is 10.0 Å². The van der Waals surface area contributed by atoms with Crippen LogP contribution in [-0.4, -0.2) is 44.0 Å². The van der Waals surface area contributed by atoms with Crippen LogP contribution in [0.2, 0.25) is 0 Å². The molecule has 0 N–H and O–H groups in total. The van der Waals surface area contributed by atoms with Gasteiger partial charge in [-0.2, -0.15) is 4.31 Å². The lowest BCUT2D eigenvalue weighted by Crippen LogP contribution is -2.48. The van der Waals surface area contributed by atoms with Gasteiger partial charge in [-0.25, -0.2) is 13.2 Å². The highest BCUT2D eigenvalue weighted by molar-refractivity contribution is 7.89. The summed E-state index contributed by atoms with van der Waals surface area (Å²) >= 11 is 0. The molecule has 162 valence electrons. The number of hydrogen-bond acceptors (Lipinski definition) is 5. The molecule has 1 saturated heterocycles. The smallest absolute Gasteiger partial charge is 0.343 e. The SMILES string of the molecule is Cc1cc(OC(=O)c2ccc(S(=O)(=O)N3CC(C)OC(C)C3)cc2)ccc1C(C)C. The lowest BCUT2D eigenvalue weighted by molar-refractivity contribution is -0.0440. The summed E-state index contributed by atoms with van der Waals surface area (Å²) in [4.78, 5) is 12.6. The number of aryl methyl sites for hydroxylation is 1. The van der Waals surface area contributed by atoms with Crippen LogP contribution in [0.1, 0.15) is 55.1 Å². The molecule has 0 spiro atoms. The van der Waals surface area contributed by atoms with Crippen molar-refractivity contribution in [2.24, 2.45) is 0 Å². The van der Waals surface area contributed by atoms with Gasteiger partial charge in [0, 0.05) is 13.1 Å². The van der Waals surface area contributed by atoms with E-state index in [4.69, 9.17) is 9.47 Å². The van der Waals surface area contributed by atoms with Crippen LogP contribution in [-0.2, 0) is 14.8 Å². The molecule has 1 fully saturated rings. The monoisotopic (exact) mass is 431 g/mol. The topological polar surface area (TPSA) is 72.9 Å². The summed E-state index contributed by atoms with van der Waals surface area (Å²) in [6.45, 7) is 10.5. The van der Waals surface area contributed by atoms with Gasteiger partial charge in [0.15, 0.2) is 0 Å². The van der Waals surface area contributed by atoms with Crippen LogP contribution in [0.3, 0.4) is 0 Å². The average Bonchev–Trinajstić information content (AvgIpc) is 2.67. The Balaban J connectivity index is 1.73. The van der Waals surface area contributed by atoms with Crippen LogP contribution in [0.5, 0.6) is 5.75 Å². The van der Waals surface area contributed by atoms with E-state index in [-0.39, 0.29) is 17.1 Å². The predicted octanol–water partition coefficient (Wildman–Crippen LogP) is 4.14. The van der Waals surface area contributed by atoms with Gasteiger partial charge >= 0.3 is 5.97 Å². The molecule has 1 heterocycles. The Hall–Kier alpha value is -2.22. The summed E-state index contributed by atoms with van der Waals surface area (Å²) in [6.07, 6.45) is -0.327. The minimum atomic E-state index is -3.65. The van der Waals surface area contributed by atoms with Crippen molar-refractivity contribution in [3.63, 3.8) is 0 Å². The van der Waals surface area contributed by atoms with Crippen molar-refractivity contribution in [2.75, 3.05) is 13.1 Å². The zero-order valence-electron chi connectivity index (χ0n) is 18.1. The van der Waals surface area contributed by atoms with E-state index in [0.717, 1.165) is 5.56 Å². The normalized spacial score (nSPS) is 20.3. The van der Waals surface area contributed by atoms with Crippen molar-refractivity contribution in [2.45, 2.75) is 57.6 Å². The molecule has 0 bridgehead atoms. The minimum Gasteiger partial charge on any atom is -0.423 e. The number of ether oxygens (including phenoxy) is 2. The molecular formula is C23H29NO5S. The van der Waals surface area contributed by atoms with Gasteiger partial charge in [0.05, 0.1) is 22.7 Å². The summed E-state index contributed by atoms with van der Waals surface area (Å²) in [5.74, 6) is 0.334. The molecule has 0 saturated carbocycles. The van der Waals surface area contributed by atoms with Crippen LogP contribution < -0.4 is 4.74 Å². The molecule has 30 heavy (non-hydrogen) atoms. The molecule has 0 aliphatic carbocycles. The zero-order valence-corrected chi connectivity index (χ0v) is 18.9. The molecule has 6 nitrogen and oxygen atoms in total. The first-order valence-corrected chi connectivity index (χ1v) is 11.6. The predicted molar refractivity (Wildman–Crippen MR) is 115 cm³/mol. The van der Waals surface area contributed by atoms with Crippen LogP contribution in [0, 0.1) is 6.92 Å². The fourth-order valence-electron chi connectivity index (χ4n) is 3.76. The Morgan fingerprint density at radius 3 is 2.20 bits per heavy atom. The van der Waals surface area contributed by atoms with Gasteiger partial charge < -0.3 is 9.47 Å². The Kier molecular flexibility index (Phi) is 6.65. The fourth-order valence-corrected chi connectivity index (χ4v) is 5.35. The number of hydrogen-bond donors (Lipinski definition) is 0. The summed E-state index contributed by atoms with van der Waals surface area (Å²) in [5.41, 5.74) is 2.56. The van der Waals surface area contributed by atoms with Crippen molar-refractivity contribution >= 4 is 16.0 Å². The number of carbonyl (C=O) groups is 1. The summed E-state index contributed by atoms with van der Waals surface area (Å²) in [5, 5.41) is 0. The average molecular weight is 432 g/mol. The highest BCUT2D eigenvalue weighted by Gasteiger charge is 2.32. The fraction of sp³-hybridized carbons (Fsp3) is 0.435. The van der Waals surface area contributed by atoms with Crippen molar-refractivity contribution in [1.29, 1.82) is 0 Å². The quantitative estimate of drug-likeness (QED) is 0.526.